The standard InChI is InChI=1S/C10H12Cl2O3S/c1-7-5-10(15-2)9(11)6-8(7)3-4-16(12,13)14/h5-6H,3-4H2,1-2H3. The number of aryl methyl sites for hydroxylation is 2. The highest BCUT2D eigenvalue weighted by Gasteiger charge is 2.10. The van der Waals surface area contributed by atoms with E-state index in [0.29, 0.717) is 17.2 Å². The number of methoxy groups -OCH3 is 1. The molecule has 0 bridgehead atoms. The van der Waals surface area contributed by atoms with Gasteiger partial charge in [-0.1, -0.05) is 11.6 Å². The van der Waals surface area contributed by atoms with Crippen LogP contribution in [0.2, 0.25) is 5.02 Å². The van der Waals surface area contributed by atoms with Gasteiger partial charge in [0.1, 0.15) is 5.75 Å². The molecule has 0 amide bonds. The summed E-state index contributed by atoms with van der Waals surface area (Å²) < 4.78 is 26.7. The summed E-state index contributed by atoms with van der Waals surface area (Å²) in [6.07, 6.45) is 0.349. The van der Waals surface area contributed by atoms with Crippen molar-refractivity contribution in [2.75, 3.05) is 12.9 Å². The SMILES string of the molecule is COc1cc(C)c(CCS(=O)(=O)Cl)cc1Cl. The maximum absolute atomic E-state index is 10.8. The molecule has 0 aliphatic rings. The van der Waals surface area contributed by atoms with Crippen LogP contribution in [0, 0.1) is 6.92 Å². The Morgan fingerprint density at radius 3 is 2.50 bits per heavy atom. The topological polar surface area (TPSA) is 43.4 Å². The van der Waals surface area contributed by atoms with E-state index in [2.05, 4.69) is 0 Å². The van der Waals surface area contributed by atoms with Crippen molar-refractivity contribution in [2.24, 2.45) is 0 Å². The van der Waals surface area contributed by atoms with Crippen LogP contribution in [0.4, 0.5) is 0 Å². The van der Waals surface area contributed by atoms with Crippen molar-refractivity contribution in [3.05, 3.63) is 28.3 Å². The van der Waals surface area contributed by atoms with Gasteiger partial charge in [0.25, 0.3) is 0 Å². The highest BCUT2D eigenvalue weighted by atomic mass is 35.7. The van der Waals surface area contributed by atoms with Gasteiger partial charge < -0.3 is 4.74 Å². The van der Waals surface area contributed by atoms with Gasteiger partial charge in [-0.2, -0.15) is 0 Å². The minimum Gasteiger partial charge on any atom is -0.495 e. The van der Waals surface area contributed by atoms with Crippen LogP contribution in [0.5, 0.6) is 5.75 Å². The zero-order valence-corrected chi connectivity index (χ0v) is 11.3. The Balaban J connectivity index is 2.94. The lowest BCUT2D eigenvalue weighted by Gasteiger charge is -2.09. The highest BCUT2D eigenvalue weighted by molar-refractivity contribution is 8.13. The third-order valence-electron chi connectivity index (χ3n) is 2.23. The van der Waals surface area contributed by atoms with Crippen molar-refractivity contribution in [1.82, 2.24) is 0 Å². The Labute approximate surface area is 105 Å². The lowest BCUT2D eigenvalue weighted by Crippen LogP contribution is -2.03. The van der Waals surface area contributed by atoms with E-state index in [-0.39, 0.29) is 5.75 Å². The van der Waals surface area contributed by atoms with Crippen LogP contribution >= 0.6 is 22.3 Å². The Morgan fingerprint density at radius 2 is 2.00 bits per heavy atom. The number of halogens is 2. The summed E-state index contributed by atoms with van der Waals surface area (Å²) in [4.78, 5) is 0. The van der Waals surface area contributed by atoms with Crippen molar-refractivity contribution in [1.29, 1.82) is 0 Å². The first-order valence-electron chi connectivity index (χ1n) is 4.59. The quantitative estimate of drug-likeness (QED) is 0.798. The van der Waals surface area contributed by atoms with Gasteiger partial charge in [0.15, 0.2) is 0 Å². The first kappa shape index (κ1) is 13.6. The van der Waals surface area contributed by atoms with E-state index in [9.17, 15) is 8.42 Å². The number of ether oxygens (including phenoxy) is 1. The highest BCUT2D eigenvalue weighted by Crippen LogP contribution is 2.28. The minimum absolute atomic E-state index is 0.0992. The maximum Gasteiger partial charge on any atom is 0.232 e. The maximum atomic E-state index is 10.8. The molecule has 16 heavy (non-hydrogen) atoms. The molecular formula is C10H12Cl2O3S. The molecule has 0 unspecified atom stereocenters. The van der Waals surface area contributed by atoms with Crippen molar-refractivity contribution in [3.63, 3.8) is 0 Å². The second-order valence-electron chi connectivity index (χ2n) is 3.41. The molecule has 0 heterocycles. The lowest BCUT2D eigenvalue weighted by molar-refractivity contribution is 0.414. The summed E-state index contributed by atoms with van der Waals surface area (Å²) in [5.41, 5.74) is 1.79. The molecule has 0 N–H and O–H groups in total. The summed E-state index contributed by atoms with van der Waals surface area (Å²) >= 11 is 5.94. The lowest BCUT2D eigenvalue weighted by atomic mass is 10.1. The molecular weight excluding hydrogens is 271 g/mol. The molecule has 0 aliphatic heterocycles. The Kier molecular flexibility index (Phi) is 4.47. The van der Waals surface area contributed by atoms with Gasteiger partial charge in [-0.15, -0.1) is 0 Å². The van der Waals surface area contributed by atoms with Crippen molar-refractivity contribution < 1.29 is 13.2 Å². The number of hydrogen-bond acceptors (Lipinski definition) is 3. The molecule has 0 aliphatic carbocycles. The zero-order chi connectivity index (χ0) is 12.3. The van der Waals surface area contributed by atoms with Gasteiger partial charge in [0.2, 0.25) is 9.05 Å². The fourth-order valence-electron chi connectivity index (χ4n) is 1.35. The molecule has 0 spiro atoms. The number of rotatable bonds is 4. The summed E-state index contributed by atoms with van der Waals surface area (Å²) in [6, 6.07) is 3.48. The fourth-order valence-corrected chi connectivity index (χ4v) is 2.31. The molecule has 3 nitrogen and oxygen atoms in total. The van der Waals surface area contributed by atoms with E-state index >= 15 is 0 Å². The first-order chi connectivity index (χ1) is 7.33. The molecule has 0 saturated heterocycles. The summed E-state index contributed by atoms with van der Waals surface area (Å²) in [6.45, 7) is 1.87. The predicted octanol–water partition coefficient (Wildman–Crippen LogP) is 2.77. The largest absolute Gasteiger partial charge is 0.495 e. The second kappa shape index (κ2) is 5.25. The van der Waals surface area contributed by atoms with E-state index in [1.807, 2.05) is 6.92 Å². The summed E-state index contributed by atoms with van der Waals surface area (Å²) in [5.74, 6) is 0.481. The third kappa shape index (κ3) is 3.85. The monoisotopic (exact) mass is 282 g/mol. The molecule has 0 aromatic heterocycles. The molecule has 1 aromatic rings. The van der Waals surface area contributed by atoms with Crippen LogP contribution in [-0.2, 0) is 15.5 Å². The van der Waals surface area contributed by atoms with Crippen LogP contribution in [0.25, 0.3) is 0 Å². The molecule has 1 aromatic carbocycles. The molecule has 0 fully saturated rings. The fraction of sp³-hybridized carbons (Fsp3) is 0.400. The van der Waals surface area contributed by atoms with Crippen LogP contribution in [0.15, 0.2) is 12.1 Å². The van der Waals surface area contributed by atoms with E-state index in [1.54, 1.807) is 12.1 Å². The second-order valence-corrected chi connectivity index (χ2v) is 6.71. The van der Waals surface area contributed by atoms with Gasteiger partial charge in [-0.25, -0.2) is 8.42 Å². The number of hydrogen-bond donors (Lipinski definition) is 0. The molecule has 0 radical (unpaired) electrons. The van der Waals surface area contributed by atoms with Gasteiger partial charge in [-0.05, 0) is 36.6 Å². The van der Waals surface area contributed by atoms with E-state index < -0.39 is 9.05 Å². The van der Waals surface area contributed by atoms with Crippen LogP contribution < -0.4 is 4.74 Å². The number of benzene rings is 1. The smallest absolute Gasteiger partial charge is 0.232 e. The van der Waals surface area contributed by atoms with Gasteiger partial charge in [-0.3, -0.25) is 0 Å². The van der Waals surface area contributed by atoms with Crippen LogP contribution in [-0.4, -0.2) is 21.3 Å². The molecule has 0 saturated carbocycles. The van der Waals surface area contributed by atoms with Gasteiger partial charge in [0.05, 0.1) is 17.9 Å². The van der Waals surface area contributed by atoms with Crippen molar-refractivity contribution in [2.45, 2.75) is 13.3 Å². The Bertz CT molecular complexity index is 483. The van der Waals surface area contributed by atoms with Crippen LogP contribution in [0.1, 0.15) is 11.1 Å². The van der Waals surface area contributed by atoms with Gasteiger partial charge in [0, 0.05) is 10.7 Å². The molecule has 1 rings (SSSR count). The van der Waals surface area contributed by atoms with E-state index in [0.717, 1.165) is 11.1 Å². The zero-order valence-electron chi connectivity index (χ0n) is 8.96. The average Bonchev–Trinajstić information content (AvgIpc) is 2.17. The molecule has 90 valence electrons. The summed E-state index contributed by atoms with van der Waals surface area (Å²) in [7, 11) is 3.21. The Morgan fingerprint density at radius 1 is 1.38 bits per heavy atom. The first-order valence-corrected chi connectivity index (χ1v) is 7.44. The van der Waals surface area contributed by atoms with Crippen LogP contribution in [0.3, 0.4) is 0 Å². The van der Waals surface area contributed by atoms with Crippen molar-refractivity contribution >= 4 is 31.3 Å². The average molecular weight is 283 g/mol. The normalized spacial score (nSPS) is 11.5. The Hall–Kier alpha value is -0.450. The third-order valence-corrected chi connectivity index (χ3v) is 3.68. The van der Waals surface area contributed by atoms with E-state index in [4.69, 9.17) is 27.0 Å². The summed E-state index contributed by atoms with van der Waals surface area (Å²) in [5, 5.41) is 0.468. The van der Waals surface area contributed by atoms with E-state index in [1.165, 1.54) is 7.11 Å². The molecule has 6 heteroatoms. The molecule has 0 atom stereocenters. The minimum atomic E-state index is -3.47. The van der Waals surface area contributed by atoms with Gasteiger partial charge >= 0.3 is 0 Å². The predicted molar refractivity (Wildman–Crippen MR) is 66.1 cm³/mol. The van der Waals surface area contributed by atoms with Crippen molar-refractivity contribution in [3.8, 4) is 5.75 Å².